The van der Waals surface area contributed by atoms with E-state index in [0.717, 1.165) is 16.1 Å². The third kappa shape index (κ3) is 7.98. The largest absolute Gasteiger partial charge is 0.493 e. The summed E-state index contributed by atoms with van der Waals surface area (Å²) in [6.45, 7) is 1.67. The van der Waals surface area contributed by atoms with Crippen molar-refractivity contribution in [3.05, 3.63) is 79.6 Å². The first kappa shape index (κ1) is 28.1. The van der Waals surface area contributed by atoms with Crippen LogP contribution < -0.4 is 25.5 Å². The van der Waals surface area contributed by atoms with Crippen LogP contribution in [-0.4, -0.2) is 37.7 Å². The van der Waals surface area contributed by atoms with Crippen LogP contribution in [0.3, 0.4) is 0 Å². The van der Waals surface area contributed by atoms with Gasteiger partial charge in [-0.25, -0.2) is 9.82 Å². The van der Waals surface area contributed by atoms with Crippen molar-refractivity contribution in [3.8, 4) is 11.5 Å². The molecule has 0 aliphatic carbocycles. The zero-order valence-corrected chi connectivity index (χ0v) is 23.3. The lowest BCUT2D eigenvalue weighted by molar-refractivity contribution is -0.136. The Morgan fingerprint density at radius 2 is 1.84 bits per heavy atom. The fraction of sp³-hybridized carbons (Fsp3) is 0.120. The number of ether oxygens (including phenoxy) is 2. The van der Waals surface area contributed by atoms with Crippen LogP contribution in [0.1, 0.15) is 11.1 Å². The fourth-order valence-electron chi connectivity index (χ4n) is 2.97. The molecule has 0 spiro atoms. The number of anilines is 2. The molecule has 0 bridgehead atoms. The summed E-state index contributed by atoms with van der Waals surface area (Å²) in [5.74, 6) is -2.47. The Balaban J connectivity index is 1.59. The van der Waals surface area contributed by atoms with Gasteiger partial charge >= 0.3 is 11.8 Å². The van der Waals surface area contributed by atoms with E-state index in [1.807, 2.05) is 41.6 Å². The average molecular weight is 683 g/mol. The van der Waals surface area contributed by atoms with Crippen LogP contribution >= 0.6 is 38.5 Å². The molecule has 0 saturated carbocycles. The SMILES string of the molecule is COc1cc(/C=N\NC(=O)C(=O)Nc2ccccc2F)cc(I)c1OCC(=O)Nc1ccc(Br)c(C)c1. The van der Waals surface area contributed by atoms with E-state index in [1.165, 1.54) is 31.5 Å². The zero-order chi connectivity index (χ0) is 26.9. The highest BCUT2D eigenvalue weighted by molar-refractivity contribution is 14.1. The molecule has 12 heteroatoms. The lowest BCUT2D eigenvalue weighted by Crippen LogP contribution is -2.32. The van der Waals surface area contributed by atoms with Crippen molar-refractivity contribution >= 4 is 73.8 Å². The summed E-state index contributed by atoms with van der Waals surface area (Å²) in [7, 11) is 1.44. The molecule has 0 heterocycles. The van der Waals surface area contributed by atoms with E-state index >= 15 is 0 Å². The van der Waals surface area contributed by atoms with Crippen LogP contribution in [0.5, 0.6) is 11.5 Å². The van der Waals surface area contributed by atoms with Crippen molar-refractivity contribution in [3.63, 3.8) is 0 Å². The molecule has 3 rings (SSSR count). The van der Waals surface area contributed by atoms with Crippen LogP contribution in [0.2, 0.25) is 0 Å². The number of aryl methyl sites for hydroxylation is 1. The molecule has 9 nitrogen and oxygen atoms in total. The second-order valence-electron chi connectivity index (χ2n) is 7.47. The Bertz CT molecular complexity index is 1370. The molecule has 3 aromatic carbocycles. The van der Waals surface area contributed by atoms with Gasteiger partial charge < -0.3 is 20.1 Å². The first-order valence-electron chi connectivity index (χ1n) is 10.6. The second kappa shape index (κ2) is 13.1. The lowest BCUT2D eigenvalue weighted by Gasteiger charge is -2.14. The minimum Gasteiger partial charge on any atom is -0.493 e. The smallest absolute Gasteiger partial charge is 0.329 e. The molecule has 0 fully saturated rings. The van der Waals surface area contributed by atoms with E-state index in [0.29, 0.717) is 26.3 Å². The second-order valence-corrected chi connectivity index (χ2v) is 9.48. The third-order valence-electron chi connectivity index (χ3n) is 4.75. The first-order valence-corrected chi connectivity index (χ1v) is 12.5. The van der Waals surface area contributed by atoms with Crippen molar-refractivity contribution in [2.24, 2.45) is 5.10 Å². The molecular formula is C25H21BrFIN4O5. The highest BCUT2D eigenvalue weighted by atomic mass is 127. The Morgan fingerprint density at radius 1 is 1.08 bits per heavy atom. The molecule has 0 radical (unpaired) electrons. The number of carbonyl (C=O) groups is 3. The predicted molar refractivity (Wildman–Crippen MR) is 149 cm³/mol. The summed E-state index contributed by atoms with van der Waals surface area (Å²) >= 11 is 5.43. The average Bonchev–Trinajstić information content (AvgIpc) is 2.86. The Hall–Kier alpha value is -3.52. The monoisotopic (exact) mass is 682 g/mol. The molecular weight excluding hydrogens is 662 g/mol. The Kier molecular flexibility index (Phi) is 9.97. The number of para-hydroxylation sites is 1. The maximum atomic E-state index is 13.6. The van der Waals surface area contributed by atoms with Crippen molar-refractivity contribution in [1.82, 2.24) is 5.43 Å². The van der Waals surface area contributed by atoms with Crippen LogP contribution in [0, 0.1) is 16.3 Å². The summed E-state index contributed by atoms with van der Waals surface area (Å²) in [4.78, 5) is 36.3. The molecule has 3 aromatic rings. The lowest BCUT2D eigenvalue weighted by atomic mass is 10.2. The maximum Gasteiger partial charge on any atom is 0.329 e. The number of hydrogen-bond acceptors (Lipinski definition) is 6. The molecule has 0 aliphatic rings. The molecule has 0 unspecified atom stereocenters. The van der Waals surface area contributed by atoms with E-state index in [1.54, 1.807) is 18.2 Å². The van der Waals surface area contributed by atoms with Gasteiger partial charge in [-0.15, -0.1) is 0 Å². The van der Waals surface area contributed by atoms with Gasteiger partial charge in [0.2, 0.25) is 0 Å². The molecule has 3 N–H and O–H groups in total. The summed E-state index contributed by atoms with van der Waals surface area (Å²) in [5, 5.41) is 8.70. The van der Waals surface area contributed by atoms with E-state index in [4.69, 9.17) is 9.47 Å². The Morgan fingerprint density at radius 3 is 2.54 bits per heavy atom. The summed E-state index contributed by atoms with van der Waals surface area (Å²) < 4.78 is 26.3. The number of hydrazone groups is 1. The summed E-state index contributed by atoms with van der Waals surface area (Å²) in [5.41, 5.74) is 4.11. The van der Waals surface area contributed by atoms with Crippen LogP contribution in [-0.2, 0) is 14.4 Å². The van der Waals surface area contributed by atoms with Crippen LogP contribution in [0.15, 0.2) is 64.2 Å². The zero-order valence-electron chi connectivity index (χ0n) is 19.6. The summed E-state index contributed by atoms with van der Waals surface area (Å²) in [6.07, 6.45) is 1.30. The van der Waals surface area contributed by atoms with E-state index in [-0.39, 0.29) is 18.2 Å². The maximum absolute atomic E-state index is 13.6. The van der Waals surface area contributed by atoms with Gasteiger partial charge in [-0.05, 0) is 83.1 Å². The normalized spacial score (nSPS) is 10.6. The van der Waals surface area contributed by atoms with Gasteiger partial charge in [0, 0.05) is 10.2 Å². The third-order valence-corrected chi connectivity index (χ3v) is 6.44. The van der Waals surface area contributed by atoms with Gasteiger partial charge in [0.25, 0.3) is 5.91 Å². The molecule has 37 heavy (non-hydrogen) atoms. The minimum atomic E-state index is -1.08. The van der Waals surface area contributed by atoms with Crippen molar-refractivity contribution < 1.29 is 28.2 Å². The fourth-order valence-corrected chi connectivity index (χ4v) is 4.00. The number of halogens is 3. The molecule has 3 amide bonds. The predicted octanol–water partition coefficient (Wildman–Crippen LogP) is 4.62. The molecule has 0 saturated heterocycles. The quantitative estimate of drug-likeness (QED) is 0.139. The van der Waals surface area contributed by atoms with Crippen molar-refractivity contribution in [2.45, 2.75) is 6.92 Å². The van der Waals surface area contributed by atoms with E-state index in [2.05, 4.69) is 37.1 Å². The van der Waals surface area contributed by atoms with Crippen molar-refractivity contribution in [2.75, 3.05) is 24.4 Å². The number of rotatable bonds is 8. The number of carbonyl (C=O) groups excluding carboxylic acids is 3. The van der Waals surface area contributed by atoms with Crippen molar-refractivity contribution in [1.29, 1.82) is 0 Å². The van der Waals surface area contributed by atoms with Gasteiger partial charge in [-0.1, -0.05) is 28.1 Å². The number of amides is 3. The number of methoxy groups -OCH3 is 1. The number of hydrogen-bond donors (Lipinski definition) is 3. The van der Waals surface area contributed by atoms with E-state index in [9.17, 15) is 18.8 Å². The standard InChI is InChI=1S/C25H21BrFIN4O5/c1-14-9-16(7-8-17(14)26)30-22(33)13-37-23-19(28)10-15(11-21(23)36-2)12-29-32-25(35)24(34)31-20-6-4-3-5-18(20)27/h3-12H,13H2,1-2H3,(H,30,33)(H,31,34)(H,32,35)/b29-12-. The highest BCUT2D eigenvalue weighted by Crippen LogP contribution is 2.33. The molecule has 0 aliphatic heterocycles. The molecule has 192 valence electrons. The van der Waals surface area contributed by atoms with Gasteiger partial charge in [-0.2, -0.15) is 5.10 Å². The van der Waals surface area contributed by atoms with Gasteiger partial charge in [0.15, 0.2) is 18.1 Å². The minimum absolute atomic E-state index is 0.123. The molecule has 0 atom stereocenters. The van der Waals surface area contributed by atoms with Gasteiger partial charge in [0.1, 0.15) is 5.82 Å². The van der Waals surface area contributed by atoms with Gasteiger partial charge in [-0.3, -0.25) is 14.4 Å². The highest BCUT2D eigenvalue weighted by Gasteiger charge is 2.16. The Labute approximate surface area is 234 Å². The number of nitrogens with zero attached hydrogens (tertiary/aromatic N) is 1. The topological polar surface area (TPSA) is 118 Å². The summed E-state index contributed by atoms with van der Waals surface area (Å²) in [6, 6.07) is 14.2. The molecule has 0 aromatic heterocycles. The first-order chi connectivity index (χ1) is 17.7. The number of benzene rings is 3. The van der Waals surface area contributed by atoms with Crippen LogP contribution in [0.4, 0.5) is 15.8 Å². The van der Waals surface area contributed by atoms with Crippen LogP contribution in [0.25, 0.3) is 0 Å². The van der Waals surface area contributed by atoms with Gasteiger partial charge in [0.05, 0.1) is 22.6 Å². The van der Waals surface area contributed by atoms with E-state index < -0.39 is 17.6 Å². The number of nitrogens with one attached hydrogen (secondary N) is 3.